The van der Waals surface area contributed by atoms with E-state index >= 15 is 0 Å². The average molecular weight is 332 g/mol. The number of hydrogen-bond donors (Lipinski definition) is 2. The number of rotatable bonds is 4. The normalized spacial score (nSPS) is 14.0. The summed E-state index contributed by atoms with van der Waals surface area (Å²) in [6.45, 7) is 0.0468. The molecule has 3 N–H and O–H groups in total. The van der Waals surface area contributed by atoms with Gasteiger partial charge in [-0.25, -0.2) is 8.78 Å². The third kappa shape index (κ3) is 3.52. The summed E-state index contributed by atoms with van der Waals surface area (Å²) >= 11 is 11.4. The van der Waals surface area contributed by atoms with E-state index in [1.54, 1.807) is 24.3 Å². The molecular formula is C15H13Cl2F2NO. The quantitative estimate of drug-likeness (QED) is 0.830. The highest BCUT2D eigenvalue weighted by molar-refractivity contribution is 6.31. The van der Waals surface area contributed by atoms with Crippen LogP contribution in [0.2, 0.25) is 10.0 Å². The van der Waals surface area contributed by atoms with Gasteiger partial charge < -0.3 is 10.8 Å². The molecule has 2 aromatic rings. The number of aliphatic hydroxyl groups is 1. The Morgan fingerprint density at radius 1 is 1.10 bits per heavy atom. The molecule has 0 heterocycles. The van der Waals surface area contributed by atoms with Crippen LogP contribution in [0.25, 0.3) is 0 Å². The Kier molecular flexibility index (Phi) is 5.17. The van der Waals surface area contributed by atoms with Crippen LogP contribution in [0.5, 0.6) is 0 Å². The monoisotopic (exact) mass is 331 g/mol. The van der Waals surface area contributed by atoms with Crippen LogP contribution >= 0.6 is 23.2 Å². The minimum atomic E-state index is -1.31. The molecule has 2 aromatic carbocycles. The molecule has 0 aliphatic rings. The van der Waals surface area contributed by atoms with Gasteiger partial charge in [0.2, 0.25) is 0 Å². The summed E-state index contributed by atoms with van der Waals surface area (Å²) < 4.78 is 27.4. The lowest BCUT2D eigenvalue weighted by Crippen LogP contribution is -2.21. The molecule has 0 amide bonds. The minimum absolute atomic E-state index is 0.0468. The van der Waals surface area contributed by atoms with E-state index in [9.17, 15) is 13.9 Å². The van der Waals surface area contributed by atoms with Gasteiger partial charge in [-0.2, -0.15) is 0 Å². The van der Waals surface area contributed by atoms with E-state index in [-0.39, 0.29) is 17.1 Å². The molecule has 2 atom stereocenters. The average Bonchev–Trinajstić information content (AvgIpc) is 2.43. The van der Waals surface area contributed by atoms with E-state index in [1.807, 2.05) is 0 Å². The summed E-state index contributed by atoms with van der Waals surface area (Å²) in [6.07, 6.45) is -1.31. The van der Waals surface area contributed by atoms with Gasteiger partial charge in [0.25, 0.3) is 0 Å². The largest absolute Gasteiger partial charge is 0.388 e. The highest BCUT2D eigenvalue weighted by Crippen LogP contribution is 2.34. The molecule has 112 valence electrons. The van der Waals surface area contributed by atoms with Gasteiger partial charge in [0.15, 0.2) is 0 Å². The van der Waals surface area contributed by atoms with E-state index in [0.717, 1.165) is 12.1 Å². The van der Waals surface area contributed by atoms with Crippen LogP contribution < -0.4 is 5.73 Å². The maximum atomic E-state index is 13.9. The van der Waals surface area contributed by atoms with Crippen LogP contribution in [-0.4, -0.2) is 11.7 Å². The Labute approximate surface area is 131 Å². The second-order valence-corrected chi connectivity index (χ2v) is 5.47. The first kappa shape index (κ1) is 16.2. The lowest BCUT2D eigenvalue weighted by Gasteiger charge is -2.23. The van der Waals surface area contributed by atoms with Crippen molar-refractivity contribution < 1.29 is 13.9 Å². The molecule has 2 unspecified atom stereocenters. The topological polar surface area (TPSA) is 46.2 Å². The van der Waals surface area contributed by atoms with Gasteiger partial charge in [-0.15, -0.1) is 0 Å². The first-order valence-corrected chi connectivity index (χ1v) is 6.97. The van der Waals surface area contributed by atoms with Crippen LogP contribution in [0.15, 0.2) is 36.4 Å². The third-order valence-corrected chi connectivity index (χ3v) is 3.79. The van der Waals surface area contributed by atoms with E-state index in [4.69, 9.17) is 28.9 Å². The molecule has 2 nitrogen and oxygen atoms in total. The summed E-state index contributed by atoms with van der Waals surface area (Å²) in [5.74, 6) is -2.19. The van der Waals surface area contributed by atoms with E-state index in [1.165, 1.54) is 0 Å². The number of benzene rings is 2. The Morgan fingerprint density at radius 3 is 2.43 bits per heavy atom. The van der Waals surface area contributed by atoms with Crippen LogP contribution in [0, 0.1) is 11.6 Å². The highest BCUT2D eigenvalue weighted by Gasteiger charge is 2.25. The van der Waals surface area contributed by atoms with Crippen molar-refractivity contribution in [2.75, 3.05) is 6.54 Å². The predicted octanol–water partition coefficient (Wildman–Crippen LogP) is 4.05. The number of halogens is 4. The second-order valence-electron chi connectivity index (χ2n) is 4.63. The summed E-state index contributed by atoms with van der Waals surface area (Å²) in [5.41, 5.74) is 6.12. The van der Waals surface area contributed by atoms with E-state index in [2.05, 4.69) is 0 Å². The van der Waals surface area contributed by atoms with Crippen molar-refractivity contribution in [3.8, 4) is 0 Å². The number of aliphatic hydroxyl groups excluding tert-OH is 1. The Hall–Kier alpha value is -1.20. The zero-order valence-corrected chi connectivity index (χ0v) is 12.4. The van der Waals surface area contributed by atoms with Gasteiger partial charge >= 0.3 is 0 Å². The molecule has 0 saturated carbocycles. The van der Waals surface area contributed by atoms with Crippen molar-refractivity contribution in [1.82, 2.24) is 0 Å². The number of hydrogen-bond acceptors (Lipinski definition) is 2. The van der Waals surface area contributed by atoms with Crippen LogP contribution in [0.3, 0.4) is 0 Å². The van der Waals surface area contributed by atoms with Crippen LogP contribution in [0.4, 0.5) is 8.78 Å². The molecule has 0 radical (unpaired) electrons. The zero-order valence-electron chi connectivity index (χ0n) is 10.9. The van der Waals surface area contributed by atoms with Crippen molar-refractivity contribution in [2.45, 2.75) is 12.0 Å². The fourth-order valence-electron chi connectivity index (χ4n) is 2.17. The Bertz CT molecular complexity index is 652. The fraction of sp³-hybridized carbons (Fsp3) is 0.200. The summed E-state index contributed by atoms with van der Waals surface area (Å²) in [6, 6.07) is 8.44. The lowest BCUT2D eigenvalue weighted by atomic mass is 9.89. The molecule has 2 rings (SSSR count). The molecule has 0 bridgehead atoms. The van der Waals surface area contributed by atoms with Gasteiger partial charge in [-0.1, -0.05) is 35.3 Å². The van der Waals surface area contributed by atoms with Gasteiger partial charge in [-0.3, -0.25) is 0 Å². The maximum absolute atomic E-state index is 13.9. The van der Waals surface area contributed by atoms with Crippen molar-refractivity contribution in [2.24, 2.45) is 5.73 Å². The smallest absolute Gasteiger partial charge is 0.142 e. The van der Waals surface area contributed by atoms with Gasteiger partial charge in [0.1, 0.15) is 11.6 Å². The molecule has 21 heavy (non-hydrogen) atoms. The molecular weight excluding hydrogens is 319 g/mol. The minimum Gasteiger partial charge on any atom is -0.388 e. The standard InChI is InChI=1S/C15H13Cl2F2NO/c16-9-3-1-2-8(4-9)11(7-20)15(21)10-5-14(19)12(17)6-13(10)18/h1-6,11,15,21H,7,20H2. The van der Waals surface area contributed by atoms with E-state index < -0.39 is 23.7 Å². The van der Waals surface area contributed by atoms with Gasteiger partial charge in [0.05, 0.1) is 11.1 Å². The molecule has 0 fully saturated rings. The lowest BCUT2D eigenvalue weighted by molar-refractivity contribution is 0.142. The summed E-state index contributed by atoms with van der Waals surface area (Å²) in [4.78, 5) is 0. The third-order valence-electron chi connectivity index (χ3n) is 3.27. The molecule has 0 aromatic heterocycles. The van der Waals surface area contributed by atoms with Crippen molar-refractivity contribution >= 4 is 23.2 Å². The zero-order chi connectivity index (χ0) is 15.6. The van der Waals surface area contributed by atoms with E-state index in [0.29, 0.717) is 10.6 Å². The predicted molar refractivity (Wildman–Crippen MR) is 79.6 cm³/mol. The first-order valence-electron chi connectivity index (χ1n) is 6.22. The molecule has 0 aliphatic heterocycles. The number of nitrogens with two attached hydrogens (primary N) is 1. The summed E-state index contributed by atoms with van der Waals surface area (Å²) in [5, 5.41) is 10.5. The SMILES string of the molecule is NCC(c1cccc(Cl)c1)C(O)c1cc(F)c(Cl)cc1F. The summed E-state index contributed by atoms with van der Waals surface area (Å²) in [7, 11) is 0. The Balaban J connectivity index is 2.41. The highest BCUT2D eigenvalue weighted by atomic mass is 35.5. The van der Waals surface area contributed by atoms with Gasteiger partial charge in [0, 0.05) is 23.0 Å². The van der Waals surface area contributed by atoms with Crippen LogP contribution in [-0.2, 0) is 0 Å². The molecule has 0 aliphatic carbocycles. The van der Waals surface area contributed by atoms with Crippen molar-refractivity contribution in [1.29, 1.82) is 0 Å². The molecule has 0 saturated heterocycles. The van der Waals surface area contributed by atoms with Crippen molar-refractivity contribution in [3.63, 3.8) is 0 Å². The molecule has 6 heteroatoms. The molecule has 0 spiro atoms. The first-order chi connectivity index (χ1) is 9.93. The van der Waals surface area contributed by atoms with Crippen molar-refractivity contribution in [3.05, 3.63) is 69.2 Å². The van der Waals surface area contributed by atoms with Crippen LogP contribution in [0.1, 0.15) is 23.1 Å². The second kappa shape index (κ2) is 6.71. The maximum Gasteiger partial charge on any atom is 0.142 e. The fourth-order valence-corrected chi connectivity index (χ4v) is 2.51. The van der Waals surface area contributed by atoms with Gasteiger partial charge in [-0.05, 0) is 29.8 Å². The Morgan fingerprint density at radius 2 is 1.81 bits per heavy atom.